The number of aliphatic imine (C=N–C) groups is 1. The summed E-state index contributed by atoms with van der Waals surface area (Å²) in [6.45, 7) is 0. The Bertz CT molecular complexity index is 826. The lowest BCUT2D eigenvalue weighted by Crippen LogP contribution is -1.71. The van der Waals surface area contributed by atoms with E-state index in [1.807, 2.05) is 48.6 Å². The number of aromatic nitrogens is 1. The first kappa shape index (κ1) is 13.0. The Morgan fingerprint density at radius 3 is 2.80 bits per heavy atom. The molecular formula is C16H12N2S2. The molecule has 0 aliphatic heterocycles. The molecule has 1 aromatic heterocycles. The number of H-pyrrole nitrogens is 1. The number of nitrogens with zero attached hydrogens (tertiary/aromatic N) is 1. The standard InChI is InChI=1S/C16H12N2S2/c19-16-18-14-9-8-13(11-15(14)20-16)17-10-4-7-12-5-2-1-3-6-12/h1-11H,(H,18,19). The lowest BCUT2D eigenvalue weighted by molar-refractivity contribution is 1.46. The molecule has 2 aromatic carbocycles. The highest BCUT2D eigenvalue weighted by Gasteiger charge is 1.97. The lowest BCUT2D eigenvalue weighted by Gasteiger charge is -1.92. The number of nitrogens with one attached hydrogen (secondary N) is 1. The fraction of sp³-hybridized carbons (Fsp3) is 0. The first-order valence-electron chi connectivity index (χ1n) is 6.20. The molecule has 0 spiro atoms. The van der Waals surface area contributed by atoms with Crippen LogP contribution in [-0.4, -0.2) is 11.2 Å². The third-order valence-electron chi connectivity index (χ3n) is 2.80. The van der Waals surface area contributed by atoms with Gasteiger partial charge in [-0.1, -0.05) is 36.4 Å². The van der Waals surface area contributed by atoms with Gasteiger partial charge in [0, 0.05) is 6.21 Å². The first-order chi connectivity index (χ1) is 9.81. The van der Waals surface area contributed by atoms with Crippen LogP contribution in [0.3, 0.4) is 0 Å². The molecule has 98 valence electrons. The third-order valence-corrected chi connectivity index (χ3v) is 4.00. The van der Waals surface area contributed by atoms with E-state index in [1.165, 1.54) is 0 Å². The Morgan fingerprint density at radius 1 is 1.10 bits per heavy atom. The predicted molar refractivity (Wildman–Crippen MR) is 90.6 cm³/mol. The van der Waals surface area contributed by atoms with E-state index in [2.05, 4.69) is 22.1 Å². The Morgan fingerprint density at radius 2 is 1.95 bits per heavy atom. The van der Waals surface area contributed by atoms with Crippen molar-refractivity contribution >= 4 is 51.7 Å². The third kappa shape index (κ3) is 3.10. The van der Waals surface area contributed by atoms with Crippen LogP contribution in [0.15, 0.2) is 59.6 Å². The molecule has 1 N–H and O–H groups in total. The number of hydrogen-bond donors (Lipinski definition) is 1. The number of fused-ring (bicyclic) bond motifs is 1. The molecule has 0 saturated heterocycles. The zero-order valence-electron chi connectivity index (χ0n) is 10.6. The molecular weight excluding hydrogens is 284 g/mol. The summed E-state index contributed by atoms with van der Waals surface area (Å²) in [5.74, 6) is 0. The van der Waals surface area contributed by atoms with Crippen LogP contribution in [0.4, 0.5) is 5.69 Å². The molecule has 0 unspecified atom stereocenters. The summed E-state index contributed by atoms with van der Waals surface area (Å²) < 4.78 is 1.93. The largest absolute Gasteiger partial charge is 0.337 e. The van der Waals surface area contributed by atoms with Gasteiger partial charge in [-0.15, -0.1) is 11.3 Å². The van der Waals surface area contributed by atoms with Gasteiger partial charge < -0.3 is 4.98 Å². The van der Waals surface area contributed by atoms with E-state index < -0.39 is 0 Å². The molecule has 0 aliphatic rings. The van der Waals surface area contributed by atoms with Gasteiger partial charge in [0.1, 0.15) is 0 Å². The average molecular weight is 296 g/mol. The van der Waals surface area contributed by atoms with Crippen LogP contribution >= 0.6 is 23.6 Å². The van der Waals surface area contributed by atoms with Gasteiger partial charge in [-0.3, -0.25) is 4.99 Å². The zero-order chi connectivity index (χ0) is 13.8. The number of allylic oxidation sites excluding steroid dienone is 1. The zero-order valence-corrected chi connectivity index (χ0v) is 12.2. The number of benzene rings is 2. The molecule has 0 bridgehead atoms. The van der Waals surface area contributed by atoms with Crippen LogP contribution in [-0.2, 0) is 0 Å². The Balaban J connectivity index is 1.77. The van der Waals surface area contributed by atoms with Crippen molar-refractivity contribution in [2.24, 2.45) is 4.99 Å². The van der Waals surface area contributed by atoms with Gasteiger partial charge >= 0.3 is 0 Å². The van der Waals surface area contributed by atoms with Crippen molar-refractivity contribution in [1.29, 1.82) is 0 Å². The topological polar surface area (TPSA) is 28.1 Å². The highest BCUT2D eigenvalue weighted by atomic mass is 32.1. The van der Waals surface area contributed by atoms with E-state index in [9.17, 15) is 0 Å². The second kappa shape index (κ2) is 5.94. The number of thiazole rings is 1. The summed E-state index contributed by atoms with van der Waals surface area (Å²) in [5.41, 5.74) is 3.16. The monoisotopic (exact) mass is 296 g/mol. The maximum atomic E-state index is 5.13. The second-order valence-electron chi connectivity index (χ2n) is 4.24. The van der Waals surface area contributed by atoms with E-state index in [1.54, 1.807) is 17.6 Å². The maximum Gasteiger partial charge on any atom is 0.159 e. The van der Waals surface area contributed by atoms with E-state index in [0.29, 0.717) is 0 Å². The fourth-order valence-corrected chi connectivity index (χ4v) is 3.01. The summed E-state index contributed by atoms with van der Waals surface area (Å²) in [7, 11) is 0. The summed E-state index contributed by atoms with van der Waals surface area (Å²) in [4.78, 5) is 7.57. The molecule has 1 heterocycles. The van der Waals surface area contributed by atoms with Gasteiger partial charge in [-0.2, -0.15) is 0 Å². The van der Waals surface area contributed by atoms with E-state index in [0.717, 1.165) is 25.4 Å². The Hall–Kier alpha value is -2.04. The molecule has 20 heavy (non-hydrogen) atoms. The number of hydrogen-bond acceptors (Lipinski definition) is 3. The van der Waals surface area contributed by atoms with Crippen LogP contribution in [0.1, 0.15) is 5.56 Å². The molecule has 0 aliphatic carbocycles. The number of aromatic amines is 1. The van der Waals surface area contributed by atoms with E-state index in [-0.39, 0.29) is 0 Å². The molecule has 0 amide bonds. The van der Waals surface area contributed by atoms with Crippen molar-refractivity contribution in [3.63, 3.8) is 0 Å². The molecule has 3 aromatic rings. The van der Waals surface area contributed by atoms with Crippen molar-refractivity contribution < 1.29 is 0 Å². The minimum atomic E-state index is 0.796. The smallest absolute Gasteiger partial charge is 0.159 e. The van der Waals surface area contributed by atoms with Crippen molar-refractivity contribution in [2.45, 2.75) is 0 Å². The van der Waals surface area contributed by atoms with E-state index in [4.69, 9.17) is 12.2 Å². The summed E-state index contributed by atoms with van der Waals surface area (Å²) in [6, 6.07) is 16.2. The minimum absolute atomic E-state index is 0.796. The molecule has 2 nitrogen and oxygen atoms in total. The Kier molecular flexibility index (Phi) is 3.85. The maximum absolute atomic E-state index is 5.13. The van der Waals surface area contributed by atoms with Crippen LogP contribution in [0.5, 0.6) is 0 Å². The SMILES string of the molecule is S=c1[nH]c2ccc(N=CC=Cc3ccccc3)cc2s1. The van der Waals surface area contributed by atoms with Gasteiger partial charge in [0.15, 0.2) is 3.95 Å². The van der Waals surface area contributed by atoms with Gasteiger partial charge in [0.25, 0.3) is 0 Å². The normalized spacial score (nSPS) is 11.8. The number of rotatable bonds is 3. The van der Waals surface area contributed by atoms with Gasteiger partial charge in [-0.25, -0.2) is 0 Å². The second-order valence-corrected chi connectivity index (χ2v) is 5.96. The molecule has 0 saturated carbocycles. The van der Waals surface area contributed by atoms with Gasteiger partial charge in [0.2, 0.25) is 0 Å². The minimum Gasteiger partial charge on any atom is -0.337 e. The quantitative estimate of drug-likeness (QED) is 0.510. The fourth-order valence-electron chi connectivity index (χ4n) is 1.86. The molecule has 4 heteroatoms. The first-order valence-corrected chi connectivity index (χ1v) is 7.42. The highest BCUT2D eigenvalue weighted by Crippen LogP contribution is 2.24. The molecule has 0 fully saturated rings. The van der Waals surface area contributed by atoms with Crippen LogP contribution in [0.2, 0.25) is 0 Å². The van der Waals surface area contributed by atoms with Crippen LogP contribution < -0.4 is 0 Å². The summed E-state index contributed by atoms with van der Waals surface area (Å²) >= 11 is 6.70. The van der Waals surface area contributed by atoms with Crippen molar-refractivity contribution in [3.05, 3.63) is 64.1 Å². The van der Waals surface area contributed by atoms with Crippen LogP contribution in [0, 0.1) is 3.95 Å². The van der Waals surface area contributed by atoms with Gasteiger partial charge in [0.05, 0.1) is 15.9 Å². The summed E-state index contributed by atoms with van der Waals surface area (Å²) in [6.07, 6.45) is 5.78. The van der Waals surface area contributed by atoms with E-state index >= 15 is 0 Å². The summed E-state index contributed by atoms with van der Waals surface area (Å²) in [5, 5.41) is 0. The van der Waals surface area contributed by atoms with Crippen molar-refractivity contribution in [2.75, 3.05) is 0 Å². The molecule has 0 radical (unpaired) electrons. The molecule has 0 atom stereocenters. The van der Waals surface area contributed by atoms with Gasteiger partial charge in [-0.05, 0) is 42.1 Å². The van der Waals surface area contributed by atoms with Crippen molar-refractivity contribution in [1.82, 2.24) is 4.98 Å². The predicted octanol–water partition coefficient (Wildman–Crippen LogP) is 5.37. The lowest BCUT2D eigenvalue weighted by atomic mass is 10.2. The van der Waals surface area contributed by atoms with Crippen molar-refractivity contribution in [3.8, 4) is 0 Å². The molecule has 3 rings (SSSR count). The Labute approximate surface area is 126 Å². The van der Waals surface area contributed by atoms with Crippen LogP contribution in [0.25, 0.3) is 16.3 Å². The highest BCUT2D eigenvalue weighted by molar-refractivity contribution is 7.73. The average Bonchev–Trinajstić information content (AvgIpc) is 2.84.